The van der Waals surface area contributed by atoms with Crippen molar-refractivity contribution in [2.75, 3.05) is 0 Å². The van der Waals surface area contributed by atoms with Crippen molar-refractivity contribution in [3.63, 3.8) is 0 Å². The molecular weight excluding hydrogens is 386 g/mol. The van der Waals surface area contributed by atoms with E-state index >= 15 is 0 Å². The van der Waals surface area contributed by atoms with E-state index in [9.17, 15) is 19.5 Å². The van der Waals surface area contributed by atoms with Crippen LogP contribution in [0.4, 0.5) is 0 Å². The number of carboxylic acids is 1. The smallest absolute Gasteiger partial charge is 0.336 e. The Morgan fingerprint density at radius 3 is 2.53 bits per heavy atom. The second kappa shape index (κ2) is 9.26. The van der Waals surface area contributed by atoms with Gasteiger partial charge in [-0.05, 0) is 36.6 Å². The molecule has 3 rings (SSSR count). The lowest BCUT2D eigenvalue weighted by Gasteiger charge is -2.19. The maximum absolute atomic E-state index is 12.5. The van der Waals surface area contributed by atoms with Crippen molar-refractivity contribution in [3.8, 4) is 5.75 Å². The Morgan fingerprint density at radius 1 is 1.13 bits per heavy atom. The molecule has 7 heteroatoms. The molecule has 30 heavy (non-hydrogen) atoms. The third kappa shape index (κ3) is 4.86. The van der Waals surface area contributed by atoms with E-state index in [0.717, 1.165) is 23.8 Å². The Hall–Kier alpha value is -3.61. The van der Waals surface area contributed by atoms with Crippen LogP contribution >= 0.6 is 0 Å². The highest BCUT2D eigenvalue weighted by molar-refractivity contribution is 5.87. The number of hydrogen-bond acceptors (Lipinski definition) is 5. The first-order valence-corrected chi connectivity index (χ1v) is 9.70. The molecule has 0 aliphatic carbocycles. The lowest BCUT2D eigenvalue weighted by Crippen LogP contribution is -2.41. The summed E-state index contributed by atoms with van der Waals surface area (Å²) in [6, 6.07) is 13.8. The Bertz CT molecular complexity index is 1110. The van der Waals surface area contributed by atoms with Crippen LogP contribution < -0.4 is 15.7 Å². The van der Waals surface area contributed by atoms with Crippen LogP contribution in [-0.4, -0.2) is 23.1 Å². The summed E-state index contributed by atoms with van der Waals surface area (Å²) in [5.41, 5.74) is 1.29. The van der Waals surface area contributed by atoms with Crippen molar-refractivity contribution in [2.45, 2.75) is 38.8 Å². The molecule has 0 fully saturated rings. The summed E-state index contributed by atoms with van der Waals surface area (Å²) in [6.45, 7) is 3.55. The van der Waals surface area contributed by atoms with Crippen molar-refractivity contribution < 1.29 is 23.8 Å². The van der Waals surface area contributed by atoms with E-state index in [4.69, 9.17) is 9.15 Å². The zero-order valence-electron chi connectivity index (χ0n) is 16.8. The maximum atomic E-state index is 12.5. The molecule has 0 saturated heterocycles. The predicted molar refractivity (Wildman–Crippen MR) is 112 cm³/mol. The Balaban J connectivity index is 1.77. The van der Waals surface area contributed by atoms with Crippen molar-refractivity contribution in [2.24, 2.45) is 0 Å². The first-order chi connectivity index (χ1) is 14.4. The molecule has 0 radical (unpaired) electrons. The lowest BCUT2D eigenvalue weighted by molar-refractivity contribution is -0.143. The molecule has 2 atom stereocenters. The van der Waals surface area contributed by atoms with Gasteiger partial charge in [0.05, 0.1) is 0 Å². The Morgan fingerprint density at radius 2 is 1.87 bits per heavy atom. The number of aliphatic carboxylic acids is 1. The zero-order valence-corrected chi connectivity index (χ0v) is 16.8. The summed E-state index contributed by atoms with van der Waals surface area (Å²) >= 11 is 0. The van der Waals surface area contributed by atoms with E-state index < -0.39 is 29.6 Å². The number of carboxylic acid groups (broad SMARTS) is 1. The van der Waals surface area contributed by atoms with E-state index in [0.29, 0.717) is 16.9 Å². The number of aryl methyl sites for hydroxylation is 1. The van der Waals surface area contributed by atoms with Crippen LogP contribution in [0.15, 0.2) is 63.8 Å². The molecule has 3 aromatic rings. The number of hydrogen-bond donors (Lipinski definition) is 2. The Labute approximate surface area is 173 Å². The van der Waals surface area contributed by atoms with Gasteiger partial charge in [-0.25, -0.2) is 9.59 Å². The van der Waals surface area contributed by atoms with Gasteiger partial charge >= 0.3 is 11.6 Å². The molecule has 0 bridgehead atoms. The van der Waals surface area contributed by atoms with Gasteiger partial charge in [0.1, 0.15) is 11.3 Å². The van der Waals surface area contributed by atoms with E-state index in [2.05, 4.69) is 5.32 Å². The summed E-state index contributed by atoms with van der Waals surface area (Å²) in [5.74, 6) is -1.40. The van der Waals surface area contributed by atoms with Crippen LogP contribution in [0.2, 0.25) is 0 Å². The average Bonchev–Trinajstić information content (AvgIpc) is 2.72. The molecule has 0 saturated carbocycles. The summed E-state index contributed by atoms with van der Waals surface area (Å²) in [7, 11) is 0. The van der Waals surface area contributed by atoms with Crippen LogP contribution in [0.3, 0.4) is 0 Å². The van der Waals surface area contributed by atoms with Crippen molar-refractivity contribution in [1.82, 2.24) is 5.32 Å². The number of nitrogens with one attached hydrogen (secondary N) is 1. The summed E-state index contributed by atoms with van der Waals surface area (Å²) in [4.78, 5) is 35.9. The number of fused-ring (bicyclic) bond motifs is 1. The minimum absolute atomic E-state index is 0.341. The van der Waals surface area contributed by atoms with Crippen LogP contribution in [0, 0.1) is 0 Å². The van der Waals surface area contributed by atoms with Crippen LogP contribution in [0.25, 0.3) is 11.0 Å². The first-order valence-electron chi connectivity index (χ1n) is 9.70. The second-order valence-electron chi connectivity index (χ2n) is 6.95. The summed E-state index contributed by atoms with van der Waals surface area (Å²) < 4.78 is 10.9. The standard InChI is InChI=1S/C23H23NO6/c1-3-7-16-12-20(25)30-19-13-17(10-11-18(16)19)29-14(2)22(26)24-21(23(27)28)15-8-5-4-6-9-15/h4-6,8-14,21H,3,7H2,1-2H3,(H,24,26)(H,27,28)/t14-,21+/m1/s1. The van der Waals surface area contributed by atoms with Crippen LogP contribution in [-0.2, 0) is 16.0 Å². The fourth-order valence-corrected chi connectivity index (χ4v) is 3.21. The van der Waals surface area contributed by atoms with Crippen LogP contribution in [0.1, 0.15) is 37.4 Å². The minimum atomic E-state index is -1.18. The van der Waals surface area contributed by atoms with Gasteiger partial charge in [0, 0.05) is 17.5 Å². The molecule has 156 valence electrons. The summed E-state index contributed by atoms with van der Waals surface area (Å²) in [5, 5.41) is 12.8. The second-order valence-corrected chi connectivity index (χ2v) is 6.95. The number of carbonyl (C=O) groups excluding carboxylic acids is 1. The highest BCUT2D eigenvalue weighted by atomic mass is 16.5. The molecule has 7 nitrogen and oxygen atoms in total. The first kappa shape index (κ1) is 21.1. The van der Waals surface area contributed by atoms with Crippen molar-refractivity contribution >= 4 is 22.8 Å². The number of carbonyl (C=O) groups is 2. The third-order valence-corrected chi connectivity index (χ3v) is 4.67. The molecule has 0 aliphatic heterocycles. The number of amides is 1. The molecule has 0 aliphatic rings. The van der Waals surface area contributed by atoms with Crippen molar-refractivity contribution in [3.05, 3.63) is 76.1 Å². The van der Waals surface area contributed by atoms with Gasteiger partial charge in [0.25, 0.3) is 5.91 Å². The highest BCUT2D eigenvalue weighted by Gasteiger charge is 2.25. The highest BCUT2D eigenvalue weighted by Crippen LogP contribution is 2.24. The summed E-state index contributed by atoms with van der Waals surface area (Å²) in [6.07, 6.45) is 0.677. The van der Waals surface area contributed by atoms with Gasteiger partial charge in [-0.15, -0.1) is 0 Å². The normalized spacial score (nSPS) is 12.9. The minimum Gasteiger partial charge on any atom is -0.481 e. The third-order valence-electron chi connectivity index (χ3n) is 4.67. The average molecular weight is 409 g/mol. The SMILES string of the molecule is CCCc1cc(=O)oc2cc(O[C@H](C)C(=O)N[C@H](C(=O)O)c3ccccc3)ccc12. The van der Waals surface area contributed by atoms with E-state index in [-0.39, 0.29) is 0 Å². The molecule has 2 N–H and O–H groups in total. The van der Waals surface area contributed by atoms with Crippen LogP contribution in [0.5, 0.6) is 5.75 Å². The van der Waals surface area contributed by atoms with Gasteiger partial charge in [-0.1, -0.05) is 43.7 Å². The fraction of sp³-hybridized carbons (Fsp3) is 0.261. The van der Waals surface area contributed by atoms with Gasteiger partial charge in [-0.2, -0.15) is 0 Å². The van der Waals surface area contributed by atoms with Gasteiger partial charge in [0.15, 0.2) is 12.1 Å². The molecule has 1 aromatic heterocycles. The molecular formula is C23H23NO6. The van der Waals surface area contributed by atoms with Gasteiger partial charge in [-0.3, -0.25) is 4.79 Å². The number of ether oxygens (including phenoxy) is 1. The fourth-order valence-electron chi connectivity index (χ4n) is 3.21. The molecule has 0 spiro atoms. The van der Waals surface area contributed by atoms with E-state index in [1.54, 1.807) is 48.5 Å². The largest absolute Gasteiger partial charge is 0.481 e. The topological polar surface area (TPSA) is 106 Å². The maximum Gasteiger partial charge on any atom is 0.336 e. The molecule has 1 heterocycles. The lowest BCUT2D eigenvalue weighted by atomic mass is 10.1. The molecule has 0 unspecified atom stereocenters. The van der Waals surface area contributed by atoms with Crippen molar-refractivity contribution in [1.29, 1.82) is 0 Å². The monoisotopic (exact) mass is 409 g/mol. The quantitative estimate of drug-likeness (QED) is 0.552. The van der Waals surface area contributed by atoms with E-state index in [1.165, 1.54) is 13.0 Å². The van der Waals surface area contributed by atoms with E-state index in [1.807, 2.05) is 6.92 Å². The Kier molecular flexibility index (Phi) is 6.51. The molecule has 2 aromatic carbocycles. The zero-order chi connectivity index (χ0) is 21.7. The van der Waals surface area contributed by atoms with Gasteiger partial charge in [0.2, 0.25) is 0 Å². The van der Waals surface area contributed by atoms with Gasteiger partial charge < -0.3 is 19.6 Å². The predicted octanol–water partition coefficient (Wildman–Crippen LogP) is 3.45. The number of rotatable bonds is 8. The molecule has 1 amide bonds. The number of benzene rings is 2.